The van der Waals surface area contributed by atoms with Crippen molar-refractivity contribution in [2.75, 3.05) is 33.9 Å². The summed E-state index contributed by atoms with van der Waals surface area (Å²) in [6.07, 6.45) is 2.90. The van der Waals surface area contributed by atoms with Gasteiger partial charge in [0.05, 0.1) is 17.6 Å². The lowest BCUT2D eigenvalue weighted by molar-refractivity contribution is 0.0869. The molecule has 0 bridgehead atoms. The van der Waals surface area contributed by atoms with E-state index in [2.05, 4.69) is 37.6 Å². The van der Waals surface area contributed by atoms with Crippen molar-refractivity contribution in [3.63, 3.8) is 0 Å². The molecular formula is C26H49FN2O3. The first-order valence-corrected chi connectivity index (χ1v) is 11.1. The van der Waals surface area contributed by atoms with Crippen molar-refractivity contribution >= 4 is 5.78 Å². The predicted octanol–water partition coefficient (Wildman–Crippen LogP) is 5.91. The van der Waals surface area contributed by atoms with E-state index >= 15 is 0 Å². The summed E-state index contributed by atoms with van der Waals surface area (Å²) < 4.78 is 19.5. The van der Waals surface area contributed by atoms with Crippen LogP contribution in [0.4, 0.5) is 4.39 Å². The molecule has 32 heavy (non-hydrogen) atoms. The first-order valence-electron chi connectivity index (χ1n) is 11.1. The zero-order chi connectivity index (χ0) is 25.3. The summed E-state index contributed by atoms with van der Waals surface area (Å²) in [6, 6.07) is 4.87. The Kier molecular flexibility index (Phi) is 17.0. The second-order valence-corrected chi connectivity index (χ2v) is 7.05. The van der Waals surface area contributed by atoms with Gasteiger partial charge in [0.2, 0.25) is 0 Å². The number of methoxy groups -OCH3 is 1. The predicted molar refractivity (Wildman–Crippen MR) is 140 cm³/mol. The van der Waals surface area contributed by atoms with E-state index < -0.39 is 11.2 Å². The second-order valence-electron chi connectivity index (χ2n) is 7.05. The number of allylic oxidation sites excluding steroid dienone is 2. The SMILES string of the molecule is C=C/C(NCCOC)=C1\C(=C)NCC1(C)C(=O)c1cccc(C)c1F.CC.CCC.CO.[HH].[HH].[HH]. The molecule has 1 heterocycles. The normalized spacial score (nSPS) is 17.9. The van der Waals surface area contributed by atoms with Crippen LogP contribution in [-0.2, 0) is 4.74 Å². The Morgan fingerprint density at radius 2 is 1.94 bits per heavy atom. The molecule has 188 valence electrons. The number of carbonyl (C=O) groups excluding carboxylic acids is 1. The highest BCUT2D eigenvalue weighted by Crippen LogP contribution is 2.41. The molecule has 1 aliphatic rings. The van der Waals surface area contributed by atoms with Gasteiger partial charge in [0.15, 0.2) is 5.78 Å². The molecule has 1 fully saturated rings. The fraction of sp³-hybridized carbons (Fsp3) is 0.500. The van der Waals surface area contributed by atoms with Crippen LogP contribution in [0, 0.1) is 18.2 Å². The number of benzene rings is 1. The number of carbonyl (C=O) groups is 1. The lowest BCUT2D eigenvalue weighted by Gasteiger charge is -2.26. The van der Waals surface area contributed by atoms with Gasteiger partial charge in [-0.3, -0.25) is 4.79 Å². The van der Waals surface area contributed by atoms with Gasteiger partial charge in [-0.2, -0.15) is 0 Å². The average Bonchev–Trinajstić information content (AvgIpc) is 3.11. The number of hydrogen-bond acceptors (Lipinski definition) is 5. The van der Waals surface area contributed by atoms with Crippen LogP contribution in [0.3, 0.4) is 0 Å². The lowest BCUT2D eigenvalue weighted by Crippen LogP contribution is -2.34. The monoisotopic (exact) mass is 456 g/mol. The Balaban J connectivity index is -0.000000272. The summed E-state index contributed by atoms with van der Waals surface area (Å²) in [4.78, 5) is 13.2. The van der Waals surface area contributed by atoms with Gasteiger partial charge in [0.25, 0.3) is 0 Å². The largest absolute Gasteiger partial charge is 0.400 e. The van der Waals surface area contributed by atoms with Gasteiger partial charge in [-0.15, -0.1) is 0 Å². The van der Waals surface area contributed by atoms with Gasteiger partial charge in [0, 0.05) is 48.6 Å². The molecule has 0 spiro atoms. The third kappa shape index (κ3) is 8.24. The molecule has 1 unspecified atom stereocenters. The molecule has 0 aromatic heterocycles. The first kappa shape index (κ1) is 31.7. The molecule has 1 atom stereocenters. The number of ketones is 1. The van der Waals surface area contributed by atoms with E-state index in [0.29, 0.717) is 42.2 Å². The average molecular weight is 457 g/mol. The number of hydrogen-bond donors (Lipinski definition) is 3. The van der Waals surface area contributed by atoms with E-state index in [1.165, 1.54) is 12.5 Å². The molecular weight excluding hydrogens is 407 g/mol. The Bertz CT molecular complexity index is 774. The van der Waals surface area contributed by atoms with Gasteiger partial charge in [-0.1, -0.05) is 59.4 Å². The Hall–Kier alpha value is -2.44. The summed E-state index contributed by atoms with van der Waals surface area (Å²) >= 11 is 0. The lowest BCUT2D eigenvalue weighted by atomic mass is 9.76. The fourth-order valence-electron chi connectivity index (χ4n) is 3.12. The van der Waals surface area contributed by atoms with Gasteiger partial charge in [0.1, 0.15) is 5.82 Å². The van der Waals surface area contributed by atoms with Crippen LogP contribution in [0.25, 0.3) is 0 Å². The maximum Gasteiger partial charge on any atom is 0.177 e. The van der Waals surface area contributed by atoms with E-state index in [-0.39, 0.29) is 15.6 Å². The quantitative estimate of drug-likeness (QED) is 0.352. The second kappa shape index (κ2) is 17.2. The molecule has 0 saturated carbocycles. The van der Waals surface area contributed by atoms with Crippen LogP contribution in [0.15, 0.2) is 54.4 Å². The van der Waals surface area contributed by atoms with E-state index in [9.17, 15) is 9.18 Å². The van der Waals surface area contributed by atoms with Crippen molar-refractivity contribution in [1.29, 1.82) is 0 Å². The molecule has 5 nitrogen and oxygen atoms in total. The minimum absolute atomic E-state index is 0. The fourth-order valence-corrected chi connectivity index (χ4v) is 3.12. The third-order valence-electron chi connectivity index (χ3n) is 4.54. The molecule has 0 amide bonds. The van der Waals surface area contributed by atoms with Crippen LogP contribution < -0.4 is 10.6 Å². The maximum absolute atomic E-state index is 14.5. The number of aliphatic hydroxyl groups is 1. The summed E-state index contributed by atoms with van der Waals surface area (Å²) in [5, 5.41) is 13.4. The summed E-state index contributed by atoms with van der Waals surface area (Å²) in [5.74, 6) is -0.749. The maximum atomic E-state index is 14.5. The molecule has 1 saturated heterocycles. The highest BCUT2D eigenvalue weighted by atomic mass is 19.1. The number of aliphatic hydroxyl groups excluding tert-OH is 1. The minimum atomic E-state index is -0.935. The number of rotatable bonds is 7. The standard InChI is InChI=1S/C20H25FN2O2.C3H8.C2H6.CH4O.3H2/c1-6-16(22-10-11-25-5)17-14(3)23-12-20(17,4)19(24)15-9-7-8-13(2)18(15)21;1-3-2;2*1-2;;;/h6-9,22-23H,1,3,10-12H2,2,4-5H3;3H2,1-2H3;1-2H3;2H,1H3;3*1H/b17-16-;;;;;;. The summed E-state index contributed by atoms with van der Waals surface area (Å²) in [6.45, 7) is 21.0. The Morgan fingerprint density at radius 1 is 1.38 bits per heavy atom. The van der Waals surface area contributed by atoms with Gasteiger partial charge < -0.3 is 20.5 Å². The third-order valence-corrected chi connectivity index (χ3v) is 4.54. The number of Topliss-reactive ketones (excluding diaryl/α,β-unsaturated/α-hetero) is 1. The zero-order valence-corrected chi connectivity index (χ0v) is 21.2. The molecule has 0 radical (unpaired) electrons. The van der Waals surface area contributed by atoms with E-state index in [0.717, 1.165) is 7.11 Å². The molecule has 3 N–H and O–H groups in total. The Labute approximate surface area is 198 Å². The van der Waals surface area contributed by atoms with Crippen LogP contribution >= 0.6 is 0 Å². The van der Waals surface area contributed by atoms with Crippen LogP contribution in [0.5, 0.6) is 0 Å². The molecule has 1 aliphatic heterocycles. The highest BCUT2D eigenvalue weighted by Gasteiger charge is 2.45. The minimum Gasteiger partial charge on any atom is -0.400 e. The van der Waals surface area contributed by atoms with E-state index in [1.807, 2.05) is 13.8 Å². The van der Waals surface area contributed by atoms with Gasteiger partial charge in [-0.05, 0) is 31.6 Å². The molecule has 2 rings (SSSR count). The van der Waals surface area contributed by atoms with Crippen LogP contribution in [0.2, 0.25) is 0 Å². The van der Waals surface area contributed by atoms with Crippen molar-refractivity contribution < 1.29 is 23.3 Å². The van der Waals surface area contributed by atoms with Crippen molar-refractivity contribution in [2.24, 2.45) is 5.41 Å². The topological polar surface area (TPSA) is 70.6 Å². The number of aryl methyl sites for hydroxylation is 1. The van der Waals surface area contributed by atoms with Crippen molar-refractivity contribution in [1.82, 2.24) is 10.6 Å². The zero-order valence-electron chi connectivity index (χ0n) is 21.2. The van der Waals surface area contributed by atoms with Crippen molar-refractivity contribution in [3.8, 4) is 0 Å². The molecule has 0 aliphatic carbocycles. The van der Waals surface area contributed by atoms with Gasteiger partial charge >= 0.3 is 0 Å². The number of halogens is 1. The Morgan fingerprint density at radius 3 is 2.44 bits per heavy atom. The first-order chi connectivity index (χ1) is 15.3. The van der Waals surface area contributed by atoms with E-state index in [4.69, 9.17) is 9.84 Å². The summed E-state index contributed by atoms with van der Waals surface area (Å²) in [7, 11) is 2.62. The number of ether oxygens (including phenoxy) is 1. The molecule has 6 heteroatoms. The summed E-state index contributed by atoms with van der Waals surface area (Å²) in [5.41, 5.74) is 1.67. The van der Waals surface area contributed by atoms with Crippen molar-refractivity contribution in [3.05, 3.63) is 71.3 Å². The van der Waals surface area contributed by atoms with E-state index in [1.54, 1.807) is 39.2 Å². The highest BCUT2D eigenvalue weighted by molar-refractivity contribution is 6.04. The number of nitrogens with one attached hydrogen (secondary N) is 2. The molecule has 1 aromatic rings. The molecule has 1 aromatic carbocycles. The van der Waals surface area contributed by atoms with Crippen molar-refractivity contribution in [2.45, 2.75) is 48.0 Å². The smallest absolute Gasteiger partial charge is 0.177 e. The van der Waals surface area contributed by atoms with Crippen LogP contribution in [0.1, 0.15) is 61.2 Å². The van der Waals surface area contributed by atoms with Crippen LogP contribution in [-0.4, -0.2) is 44.8 Å². The van der Waals surface area contributed by atoms with Gasteiger partial charge in [-0.25, -0.2) is 4.39 Å².